The molecule has 0 aromatic rings. The third-order valence-corrected chi connectivity index (χ3v) is 12.3. The van der Waals surface area contributed by atoms with Gasteiger partial charge >= 0.3 is 6.03 Å². The molecule has 1 saturated heterocycles. The molecule has 1 unspecified atom stereocenters. The highest BCUT2D eigenvalue weighted by molar-refractivity contribution is 6.38. The van der Waals surface area contributed by atoms with E-state index in [2.05, 4.69) is 37.6 Å². The second-order valence-electron chi connectivity index (χ2n) is 17.2. The molecule has 5 atom stereocenters. The number of likely N-dealkylation sites (tertiary alicyclic amines) is 1. The average molecular weight is 636 g/mol. The summed E-state index contributed by atoms with van der Waals surface area (Å²) in [4.78, 5) is 69.9. The minimum Gasteiger partial charge on any atom is -0.333 e. The maximum atomic E-state index is 14.4. The lowest BCUT2D eigenvalue weighted by Crippen LogP contribution is -2.65. The number of nitrogens with one attached hydrogen (secondary N) is 2. The maximum absolute atomic E-state index is 14.4. The zero-order valence-corrected chi connectivity index (χ0v) is 28.9. The Morgan fingerprint density at radius 3 is 2.07 bits per heavy atom. The summed E-state index contributed by atoms with van der Waals surface area (Å²) >= 11 is 0. The van der Waals surface area contributed by atoms with E-state index in [0.29, 0.717) is 50.0 Å². The number of fused-ring (bicyclic) bond motifs is 1. The molecule has 46 heavy (non-hydrogen) atoms. The molecule has 1 aliphatic heterocycles. The van der Waals surface area contributed by atoms with Gasteiger partial charge in [-0.1, -0.05) is 46.8 Å². The van der Waals surface area contributed by atoms with Crippen LogP contribution in [0.5, 0.6) is 0 Å². The van der Waals surface area contributed by atoms with Gasteiger partial charge in [-0.3, -0.25) is 19.2 Å². The van der Waals surface area contributed by atoms with Crippen molar-refractivity contribution in [3.63, 3.8) is 0 Å². The number of amides is 3. The summed E-state index contributed by atoms with van der Waals surface area (Å²) in [7, 11) is 0. The lowest BCUT2D eigenvalue weighted by atomic mass is 9.53. The van der Waals surface area contributed by atoms with Crippen LogP contribution in [-0.2, 0) is 19.2 Å². The second kappa shape index (κ2) is 13.0. The number of carbonyl (C=O) groups is 5. The number of allylic oxidation sites excluding steroid dienone is 2. The maximum Gasteiger partial charge on any atom is 0.315 e. The quantitative estimate of drug-likeness (QED) is 0.127. The molecule has 4 bridgehead atoms. The molecule has 1 heterocycles. The van der Waals surface area contributed by atoms with Crippen LogP contribution in [0.25, 0.3) is 0 Å². The largest absolute Gasteiger partial charge is 0.333 e. The number of hydrogen-bond acceptors (Lipinski definition) is 5. The molecule has 0 radical (unpaired) electrons. The van der Waals surface area contributed by atoms with Crippen LogP contribution in [0.1, 0.15) is 112 Å². The van der Waals surface area contributed by atoms with E-state index in [1.54, 1.807) is 17.1 Å². The predicted octanol–water partition coefficient (Wildman–Crippen LogP) is 6.19. The first kappa shape index (κ1) is 34.6. The minimum atomic E-state index is -0.818. The van der Waals surface area contributed by atoms with E-state index in [0.717, 1.165) is 19.3 Å². The third-order valence-electron chi connectivity index (χ3n) is 12.3. The Hall–Kier alpha value is -2.77. The highest BCUT2D eigenvalue weighted by Crippen LogP contribution is 2.65. The van der Waals surface area contributed by atoms with Gasteiger partial charge < -0.3 is 15.5 Å². The summed E-state index contributed by atoms with van der Waals surface area (Å²) in [5.41, 5.74) is -0.872. The third kappa shape index (κ3) is 6.92. The van der Waals surface area contributed by atoms with Gasteiger partial charge in [0.05, 0.1) is 6.04 Å². The average Bonchev–Trinajstić information content (AvgIpc) is 3.27. The summed E-state index contributed by atoms with van der Waals surface area (Å²) in [6, 6.07) is -1.80. The van der Waals surface area contributed by atoms with Gasteiger partial charge in [0.25, 0.3) is 0 Å². The fraction of sp³-hybridized carbons (Fsp3) is 0.763. The SMILES string of the molecule is C=CCCCC(=O)C(=O)C(CCC=C)CC(=O)[C@@H]1[C@@H]2[C@H](CN1C(=O)[C@@H](NC(=O)NC13CC4CC(CC(C4)C1)C3)C(C)(C)C)C2(C)C. The van der Waals surface area contributed by atoms with Crippen LogP contribution in [0.3, 0.4) is 0 Å². The summed E-state index contributed by atoms with van der Waals surface area (Å²) in [6.45, 7) is 18.0. The van der Waals surface area contributed by atoms with Gasteiger partial charge in [-0.05, 0) is 105 Å². The first-order valence-corrected chi connectivity index (χ1v) is 17.8. The van der Waals surface area contributed by atoms with Gasteiger partial charge in [0.15, 0.2) is 11.6 Å². The van der Waals surface area contributed by atoms with Gasteiger partial charge in [0.1, 0.15) is 6.04 Å². The Labute approximate surface area is 276 Å². The molecular weight excluding hydrogens is 578 g/mol. The summed E-state index contributed by atoms with van der Waals surface area (Å²) in [6.07, 6.45) is 12.5. The number of Topliss-reactive ketones (excluding diaryl/α,β-unsaturated/α-hetero) is 3. The van der Waals surface area contributed by atoms with E-state index in [1.807, 2.05) is 20.8 Å². The second-order valence-corrected chi connectivity index (χ2v) is 17.2. The molecule has 6 fully saturated rings. The Morgan fingerprint density at radius 2 is 1.52 bits per heavy atom. The zero-order chi connectivity index (χ0) is 33.6. The molecule has 3 amide bonds. The number of nitrogens with zero attached hydrogens (tertiary/aromatic N) is 1. The van der Waals surface area contributed by atoms with Crippen molar-refractivity contribution in [3.05, 3.63) is 25.3 Å². The Bertz CT molecular complexity index is 1230. The number of rotatable bonds is 15. The molecule has 254 valence electrons. The zero-order valence-electron chi connectivity index (χ0n) is 28.9. The molecule has 5 aliphatic carbocycles. The Balaban J connectivity index is 1.30. The van der Waals surface area contributed by atoms with Crippen LogP contribution < -0.4 is 10.6 Å². The highest BCUT2D eigenvalue weighted by Gasteiger charge is 2.69. The van der Waals surface area contributed by atoms with Crippen LogP contribution in [0.15, 0.2) is 25.3 Å². The lowest BCUT2D eigenvalue weighted by Gasteiger charge is -2.56. The van der Waals surface area contributed by atoms with Gasteiger partial charge in [0.2, 0.25) is 11.7 Å². The molecule has 8 nitrogen and oxygen atoms in total. The number of carbonyl (C=O) groups excluding carboxylic acids is 5. The van der Waals surface area contributed by atoms with Crippen molar-refractivity contribution < 1.29 is 24.0 Å². The van der Waals surface area contributed by atoms with Gasteiger partial charge in [-0.2, -0.15) is 0 Å². The van der Waals surface area contributed by atoms with Gasteiger partial charge in [-0.25, -0.2) is 4.79 Å². The number of ketones is 3. The fourth-order valence-electron chi connectivity index (χ4n) is 10.1. The van der Waals surface area contributed by atoms with Crippen molar-refractivity contribution in [3.8, 4) is 0 Å². The molecule has 0 aromatic carbocycles. The normalized spacial score (nSPS) is 33.0. The van der Waals surface area contributed by atoms with Crippen molar-refractivity contribution in [2.75, 3.05) is 6.54 Å². The summed E-state index contributed by atoms with van der Waals surface area (Å²) in [5, 5.41) is 6.43. The molecule has 2 N–H and O–H groups in total. The molecule has 6 rings (SSSR count). The van der Waals surface area contributed by atoms with E-state index in [9.17, 15) is 24.0 Å². The van der Waals surface area contributed by atoms with Crippen LogP contribution >= 0.6 is 0 Å². The molecular formula is C38H57N3O5. The van der Waals surface area contributed by atoms with Gasteiger partial charge in [0, 0.05) is 30.8 Å². The van der Waals surface area contributed by atoms with Crippen molar-refractivity contribution in [2.45, 2.75) is 129 Å². The predicted molar refractivity (Wildman–Crippen MR) is 179 cm³/mol. The topological polar surface area (TPSA) is 113 Å². The van der Waals surface area contributed by atoms with Gasteiger partial charge in [-0.15, -0.1) is 13.2 Å². The summed E-state index contributed by atoms with van der Waals surface area (Å²) in [5.74, 6) is 0.114. The van der Waals surface area contributed by atoms with Crippen molar-refractivity contribution >= 4 is 29.3 Å². The molecule has 0 spiro atoms. The molecule has 0 aromatic heterocycles. The van der Waals surface area contributed by atoms with E-state index in [1.165, 1.54) is 19.3 Å². The Kier molecular flexibility index (Phi) is 9.79. The van der Waals surface area contributed by atoms with Crippen LogP contribution in [0.2, 0.25) is 0 Å². The van der Waals surface area contributed by atoms with E-state index in [-0.39, 0.29) is 53.4 Å². The smallest absolute Gasteiger partial charge is 0.315 e. The van der Waals surface area contributed by atoms with Crippen LogP contribution in [0, 0.1) is 46.3 Å². The minimum absolute atomic E-state index is 0.0103. The first-order chi connectivity index (χ1) is 21.6. The van der Waals surface area contributed by atoms with Crippen LogP contribution in [-0.4, -0.2) is 58.4 Å². The molecule has 6 aliphatic rings. The Morgan fingerprint density at radius 1 is 0.935 bits per heavy atom. The van der Waals surface area contributed by atoms with E-state index < -0.39 is 35.0 Å². The van der Waals surface area contributed by atoms with Crippen LogP contribution in [0.4, 0.5) is 4.79 Å². The summed E-state index contributed by atoms with van der Waals surface area (Å²) < 4.78 is 0. The van der Waals surface area contributed by atoms with Crippen molar-refractivity contribution in [1.82, 2.24) is 15.5 Å². The van der Waals surface area contributed by atoms with E-state index in [4.69, 9.17) is 0 Å². The number of piperidine rings is 1. The molecule has 8 heteroatoms. The molecule has 5 saturated carbocycles. The number of unbranched alkanes of at least 4 members (excludes halogenated alkanes) is 1. The van der Waals surface area contributed by atoms with E-state index >= 15 is 0 Å². The fourth-order valence-corrected chi connectivity index (χ4v) is 10.1. The standard InChI is InChI=1S/C38H57N3O5/c1-8-10-12-14-28(42)32(44)26(13-11-9-2)18-29(43)31-30-27(37(30,6)7)22-41(31)34(45)33(36(3,4)5)39-35(46)40-38-19-23-15-24(20-38)17-25(16-23)21-38/h8-9,23-27,30-31,33H,1-2,10-22H2,3-7H3,(H2,39,40,46)/t23?,24?,25?,26?,27-,30-,31+,33+,38?/m0/s1. The van der Waals surface area contributed by atoms with Crippen molar-refractivity contribution in [2.24, 2.45) is 46.3 Å². The first-order valence-electron chi connectivity index (χ1n) is 17.8. The number of hydrogen-bond donors (Lipinski definition) is 2. The highest BCUT2D eigenvalue weighted by atomic mass is 16.2. The number of urea groups is 1. The van der Waals surface area contributed by atoms with Crippen molar-refractivity contribution in [1.29, 1.82) is 0 Å². The lowest BCUT2D eigenvalue weighted by molar-refractivity contribution is -0.144. The monoisotopic (exact) mass is 635 g/mol.